The number of hydrogen-bond donors (Lipinski definition) is 0. The van der Waals surface area contributed by atoms with E-state index in [9.17, 15) is 4.79 Å². The molecule has 0 aliphatic rings. The normalized spacial score (nSPS) is 10.5. The minimum atomic E-state index is -0.0429. The van der Waals surface area contributed by atoms with Crippen LogP contribution in [0.5, 0.6) is 0 Å². The Morgan fingerprint density at radius 2 is 2.27 bits per heavy atom. The molecule has 0 fully saturated rings. The highest BCUT2D eigenvalue weighted by molar-refractivity contribution is 6.31. The van der Waals surface area contributed by atoms with Gasteiger partial charge in [-0.1, -0.05) is 17.7 Å². The summed E-state index contributed by atoms with van der Waals surface area (Å²) in [6, 6.07) is 5.01. The fraction of sp³-hybridized carbons (Fsp3) is 0.0833. The molecular formula is C12H9ClO2. The molecule has 1 heterocycles. The van der Waals surface area contributed by atoms with E-state index in [1.54, 1.807) is 24.3 Å². The van der Waals surface area contributed by atoms with Crippen molar-refractivity contribution in [2.45, 2.75) is 6.42 Å². The molecule has 0 saturated heterocycles. The summed E-state index contributed by atoms with van der Waals surface area (Å²) in [6.45, 7) is 3.59. The second-order valence-corrected chi connectivity index (χ2v) is 3.66. The fourth-order valence-corrected chi connectivity index (χ4v) is 1.61. The highest BCUT2D eigenvalue weighted by Crippen LogP contribution is 2.17. The van der Waals surface area contributed by atoms with Crippen LogP contribution in [0.1, 0.15) is 5.56 Å². The number of rotatable bonds is 2. The molecule has 0 spiro atoms. The molecule has 15 heavy (non-hydrogen) atoms. The van der Waals surface area contributed by atoms with Crippen molar-refractivity contribution in [3.8, 4) is 0 Å². The third-order valence-corrected chi connectivity index (χ3v) is 2.41. The summed E-state index contributed by atoms with van der Waals surface area (Å²) < 4.78 is 5.32. The molecule has 1 aromatic heterocycles. The van der Waals surface area contributed by atoms with Crippen LogP contribution in [0.4, 0.5) is 0 Å². The Bertz CT molecular complexity index is 569. The maximum Gasteiger partial charge on any atom is 0.196 e. The van der Waals surface area contributed by atoms with Gasteiger partial charge in [-0.05, 0) is 24.6 Å². The van der Waals surface area contributed by atoms with Gasteiger partial charge in [0.1, 0.15) is 5.58 Å². The third-order valence-electron chi connectivity index (χ3n) is 2.17. The van der Waals surface area contributed by atoms with Crippen LogP contribution in [0.2, 0.25) is 5.02 Å². The van der Waals surface area contributed by atoms with Crippen LogP contribution in [0.25, 0.3) is 11.0 Å². The molecule has 0 aliphatic carbocycles. The van der Waals surface area contributed by atoms with Crippen molar-refractivity contribution in [2.75, 3.05) is 0 Å². The molecule has 3 heteroatoms. The molecule has 0 atom stereocenters. The summed E-state index contributed by atoms with van der Waals surface area (Å²) in [6.07, 6.45) is 3.65. The minimum Gasteiger partial charge on any atom is -0.464 e. The Labute approximate surface area is 91.8 Å². The zero-order valence-corrected chi connectivity index (χ0v) is 8.75. The van der Waals surface area contributed by atoms with Crippen LogP contribution >= 0.6 is 11.6 Å². The van der Waals surface area contributed by atoms with E-state index in [1.807, 2.05) is 0 Å². The molecule has 76 valence electrons. The van der Waals surface area contributed by atoms with Gasteiger partial charge in [0.25, 0.3) is 0 Å². The van der Waals surface area contributed by atoms with Crippen molar-refractivity contribution < 1.29 is 4.42 Å². The van der Waals surface area contributed by atoms with Gasteiger partial charge in [0.2, 0.25) is 0 Å². The van der Waals surface area contributed by atoms with E-state index in [0.29, 0.717) is 28.0 Å². The molecule has 2 nitrogen and oxygen atoms in total. The Kier molecular flexibility index (Phi) is 2.60. The highest BCUT2D eigenvalue weighted by atomic mass is 35.5. The average molecular weight is 221 g/mol. The van der Waals surface area contributed by atoms with E-state index in [2.05, 4.69) is 6.58 Å². The third kappa shape index (κ3) is 1.81. The molecule has 0 amide bonds. The molecule has 0 unspecified atom stereocenters. The van der Waals surface area contributed by atoms with Crippen LogP contribution in [-0.2, 0) is 6.42 Å². The van der Waals surface area contributed by atoms with Gasteiger partial charge in [-0.3, -0.25) is 4.79 Å². The predicted octanol–water partition coefficient (Wildman–Crippen LogP) is 3.17. The van der Waals surface area contributed by atoms with E-state index >= 15 is 0 Å². The van der Waals surface area contributed by atoms with Gasteiger partial charge in [0.05, 0.1) is 11.6 Å². The quantitative estimate of drug-likeness (QED) is 0.728. The summed E-state index contributed by atoms with van der Waals surface area (Å²) in [5.41, 5.74) is 1.11. The first-order valence-electron chi connectivity index (χ1n) is 4.53. The Balaban J connectivity index is 2.76. The molecule has 0 radical (unpaired) electrons. The van der Waals surface area contributed by atoms with E-state index in [4.69, 9.17) is 16.0 Å². The Hall–Kier alpha value is -1.54. The number of halogens is 1. The van der Waals surface area contributed by atoms with Crippen molar-refractivity contribution in [2.24, 2.45) is 0 Å². The SMILES string of the molecule is C=CCc1coc2ccc(Cl)cc2c1=O. The summed E-state index contributed by atoms with van der Waals surface area (Å²) in [4.78, 5) is 11.9. The lowest BCUT2D eigenvalue weighted by molar-refractivity contribution is 0.595. The topological polar surface area (TPSA) is 30.2 Å². The van der Waals surface area contributed by atoms with E-state index in [1.165, 1.54) is 6.26 Å². The van der Waals surface area contributed by atoms with Crippen molar-refractivity contribution >= 4 is 22.6 Å². The maximum atomic E-state index is 11.9. The first-order valence-corrected chi connectivity index (χ1v) is 4.91. The zero-order valence-electron chi connectivity index (χ0n) is 8.00. The number of allylic oxidation sites excluding steroid dienone is 1. The molecule has 0 N–H and O–H groups in total. The second kappa shape index (κ2) is 3.91. The summed E-state index contributed by atoms with van der Waals surface area (Å²) >= 11 is 5.82. The summed E-state index contributed by atoms with van der Waals surface area (Å²) in [5, 5.41) is 1.05. The van der Waals surface area contributed by atoms with Gasteiger partial charge >= 0.3 is 0 Å². The standard InChI is InChI=1S/C12H9ClO2/c1-2-3-8-7-15-11-5-4-9(13)6-10(11)12(8)14/h2,4-7H,1,3H2. The molecular weight excluding hydrogens is 212 g/mol. The summed E-state index contributed by atoms with van der Waals surface area (Å²) in [5.74, 6) is 0. The van der Waals surface area contributed by atoms with Gasteiger partial charge < -0.3 is 4.42 Å². The van der Waals surface area contributed by atoms with Gasteiger partial charge in [-0.25, -0.2) is 0 Å². The second-order valence-electron chi connectivity index (χ2n) is 3.22. The predicted molar refractivity (Wildman–Crippen MR) is 61.4 cm³/mol. The maximum absolute atomic E-state index is 11.9. The van der Waals surface area contributed by atoms with Crippen molar-refractivity contribution in [1.82, 2.24) is 0 Å². The van der Waals surface area contributed by atoms with E-state index < -0.39 is 0 Å². The Morgan fingerprint density at radius 3 is 3.00 bits per heavy atom. The van der Waals surface area contributed by atoms with Gasteiger partial charge in [0.15, 0.2) is 5.43 Å². The number of fused-ring (bicyclic) bond motifs is 1. The molecule has 1 aromatic carbocycles. The molecule has 0 aliphatic heterocycles. The van der Waals surface area contributed by atoms with E-state index in [0.717, 1.165) is 0 Å². The van der Waals surface area contributed by atoms with E-state index in [-0.39, 0.29) is 5.43 Å². The zero-order chi connectivity index (χ0) is 10.8. The van der Waals surface area contributed by atoms with Crippen LogP contribution in [0, 0.1) is 0 Å². The van der Waals surface area contributed by atoms with Crippen molar-refractivity contribution in [3.05, 3.63) is 57.9 Å². The highest BCUT2D eigenvalue weighted by Gasteiger charge is 2.05. The molecule has 0 saturated carbocycles. The van der Waals surface area contributed by atoms with Gasteiger partial charge in [-0.15, -0.1) is 6.58 Å². The fourth-order valence-electron chi connectivity index (χ4n) is 1.44. The lowest BCUT2D eigenvalue weighted by Gasteiger charge is -1.99. The van der Waals surface area contributed by atoms with Crippen LogP contribution < -0.4 is 5.43 Å². The largest absolute Gasteiger partial charge is 0.464 e. The van der Waals surface area contributed by atoms with Gasteiger partial charge in [0, 0.05) is 10.6 Å². The number of benzene rings is 1. The summed E-state index contributed by atoms with van der Waals surface area (Å²) in [7, 11) is 0. The van der Waals surface area contributed by atoms with Crippen LogP contribution in [-0.4, -0.2) is 0 Å². The first kappa shape index (κ1) is 9.99. The minimum absolute atomic E-state index is 0.0429. The monoisotopic (exact) mass is 220 g/mol. The van der Waals surface area contributed by atoms with Gasteiger partial charge in [-0.2, -0.15) is 0 Å². The average Bonchev–Trinajstić information content (AvgIpc) is 2.23. The molecule has 2 rings (SSSR count). The Morgan fingerprint density at radius 1 is 1.47 bits per heavy atom. The number of hydrogen-bond acceptors (Lipinski definition) is 2. The smallest absolute Gasteiger partial charge is 0.196 e. The van der Waals surface area contributed by atoms with Crippen molar-refractivity contribution in [3.63, 3.8) is 0 Å². The first-order chi connectivity index (χ1) is 7.22. The molecule has 0 bridgehead atoms. The molecule has 2 aromatic rings. The lowest BCUT2D eigenvalue weighted by Crippen LogP contribution is -2.07. The van der Waals surface area contributed by atoms with Crippen LogP contribution in [0.3, 0.4) is 0 Å². The van der Waals surface area contributed by atoms with Crippen LogP contribution in [0.15, 0.2) is 46.3 Å². The lowest BCUT2D eigenvalue weighted by atomic mass is 10.1. The van der Waals surface area contributed by atoms with Crippen molar-refractivity contribution in [1.29, 1.82) is 0 Å².